The van der Waals surface area contributed by atoms with Crippen LogP contribution in [-0.2, 0) is 0 Å². The monoisotopic (exact) mass is 243 g/mol. The Morgan fingerprint density at radius 2 is 1.83 bits per heavy atom. The molecule has 1 amide bonds. The third kappa shape index (κ3) is 2.43. The molecule has 0 atom stereocenters. The van der Waals surface area contributed by atoms with Gasteiger partial charge in [-0.2, -0.15) is 0 Å². The summed E-state index contributed by atoms with van der Waals surface area (Å²) in [6, 6.07) is 11.6. The number of benzene rings is 2. The lowest BCUT2D eigenvalue weighted by Crippen LogP contribution is -2.12. The number of hydrogen-bond donors (Lipinski definition) is 3. The van der Waals surface area contributed by atoms with Gasteiger partial charge >= 0.3 is 0 Å². The number of rotatable bonds is 2. The number of phenols is 2. The molecule has 3 N–H and O–H groups in total. The van der Waals surface area contributed by atoms with Gasteiger partial charge in [0.25, 0.3) is 5.91 Å². The molecular weight excluding hydrogens is 230 g/mol. The van der Waals surface area contributed by atoms with Gasteiger partial charge in [0.15, 0.2) is 11.5 Å². The molecule has 0 aromatic heterocycles. The van der Waals surface area contributed by atoms with Gasteiger partial charge in [0.2, 0.25) is 0 Å². The van der Waals surface area contributed by atoms with E-state index in [0.29, 0.717) is 5.69 Å². The van der Waals surface area contributed by atoms with Gasteiger partial charge in [-0.05, 0) is 36.8 Å². The Labute approximate surface area is 105 Å². The molecule has 0 spiro atoms. The van der Waals surface area contributed by atoms with Crippen molar-refractivity contribution >= 4 is 11.6 Å². The highest BCUT2D eigenvalue weighted by Crippen LogP contribution is 2.28. The lowest BCUT2D eigenvalue weighted by Gasteiger charge is -2.08. The summed E-state index contributed by atoms with van der Waals surface area (Å²) in [6.07, 6.45) is 0. The highest BCUT2D eigenvalue weighted by molar-refractivity contribution is 6.06. The summed E-state index contributed by atoms with van der Waals surface area (Å²) in [7, 11) is 0. The fourth-order valence-electron chi connectivity index (χ4n) is 1.64. The molecule has 4 nitrogen and oxygen atoms in total. The smallest absolute Gasteiger partial charge is 0.259 e. The number of hydrogen-bond acceptors (Lipinski definition) is 3. The molecule has 2 aromatic rings. The minimum atomic E-state index is -0.464. The highest BCUT2D eigenvalue weighted by Gasteiger charge is 2.13. The van der Waals surface area contributed by atoms with Crippen LogP contribution in [0.4, 0.5) is 5.69 Å². The predicted molar refractivity (Wildman–Crippen MR) is 68.9 cm³/mol. The molecule has 0 heterocycles. The van der Waals surface area contributed by atoms with Crippen molar-refractivity contribution in [3.8, 4) is 11.5 Å². The van der Waals surface area contributed by atoms with Gasteiger partial charge in [-0.3, -0.25) is 4.79 Å². The first kappa shape index (κ1) is 12.0. The Balaban J connectivity index is 2.25. The quantitative estimate of drug-likeness (QED) is 0.710. The fraction of sp³-hybridized carbons (Fsp3) is 0.0714. The van der Waals surface area contributed by atoms with E-state index in [4.69, 9.17) is 0 Å². The maximum Gasteiger partial charge on any atom is 0.259 e. The summed E-state index contributed by atoms with van der Waals surface area (Å²) in [4.78, 5) is 11.9. The first-order valence-corrected chi connectivity index (χ1v) is 5.47. The Kier molecular flexibility index (Phi) is 3.19. The average molecular weight is 243 g/mol. The molecule has 2 aromatic carbocycles. The van der Waals surface area contributed by atoms with Crippen molar-refractivity contribution < 1.29 is 15.0 Å². The van der Waals surface area contributed by atoms with E-state index in [2.05, 4.69) is 5.32 Å². The number of para-hydroxylation sites is 1. The largest absolute Gasteiger partial charge is 0.504 e. The van der Waals surface area contributed by atoms with Crippen LogP contribution in [-0.4, -0.2) is 16.1 Å². The van der Waals surface area contributed by atoms with Crippen molar-refractivity contribution in [1.82, 2.24) is 0 Å². The molecule has 18 heavy (non-hydrogen) atoms. The summed E-state index contributed by atoms with van der Waals surface area (Å²) < 4.78 is 0. The van der Waals surface area contributed by atoms with E-state index in [9.17, 15) is 15.0 Å². The SMILES string of the molecule is Cc1cccc(NC(=O)c2cccc(O)c2O)c1. The van der Waals surface area contributed by atoms with Crippen molar-refractivity contribution in [2.45, 2.75) is 6.92 Å². The Morgan fingerprint density at radius 1 is 1.11 bits per heavy atom. The van der Waals surface area contributed by atoms with Crippen LogP contribution < -0.4 is 5.32 Å². The lowest BCUT2D eigenvalue weighted by atomic mass is 10.1. The summed E-state index contributed by atoms with van der Waals surface area (Å²) >= 11 is 0. The maximum atomic E-state index is 11.9. The van der Waals surface area contributed by atoms with Crippen molar-refractivity contribution in [3.05, 3.63) is 53.6 Å². The van der Waals surface area contributed by atoms with Gasteiger partial charge < -0.3 is 15.5 Å². The van der Waals surface area contributed by atoms with Gasteiger partial charge in [0, 0.05) is 5.69 Å². The molecule has 0 fully saturated rings. The average Bonchev–Trinajstić information content (AvgIpc) is 2.32. The molecule has 0 saturated heterocycles. The molecule has 4 heteroatoms. The first-order valence-electron chi connectivity index (χ1n) is 5.47. The van der Waals surface area contributed by atoms with Crippen LogP contribution in [0.15, 0.2) is 42.5 Å². The zero-order valence-electron chi connectivity index (χ0n) is 9.84. The number of carbonyl (C=O) groups is 1. The van der Waals surface area contributed by atoms with E-state index in [0.717, 1.165) is 5.56 Å². The molecule has 0 aliphatic carbocycles. The van der Waals surface area contributed by atoms with E-state index in [1.54, 1.807) is 6.07 Å². The number of anilines is 1. The van der Waals surface area contributed by atoms with Crippen LogP contribution in [0.3, 0.4) is 0 Å². The van der Waals surface area contributed by atoms with Crippen LogP contribution in [0.2, 0.25) is 0 Å². The van der Waals surface area contributed by atoms with Gasteiger partial charge in [0.1, 0.15) is 0 Å². The summed E-state index contributed by atoms with van der Waals surface area (Å²) in [5, 5.41) is 21.6. The minimum absolute atomic E-state index is 0.0384. The van der Waals surface area contributed by atoms with Crippen molar-refractivity contribution in [2.75, 3.05) is 5.32 Å². The third-order valence-corrected chi connectivity index (χ3v) is 2.54. The Hall–Kier alpha value is -2.49. The van der Waals surface area contributed by atoms with Gasteiger partial charge in [-0.1, -0.05) is 18.2 Å². The minimum Gasteiger partial charge on any atom is -0.504 e. The molecule has 0 bridgehead atoms. The van der Waals surface area contributed by atoms with Gasteiger partial charge in [0.05, 0.1) is 5.56 Å². The number of phenolic OH excluding ortho intramolecular Hbond substituents is 2. The molecule has 0 radical (unpaired) electrons. The van der Waals surface area contributed by atoms with Crippen LogP contribution in [0.1, 0.15) is 15.9 Å². The second kappa shape index (κ2) is 4.79. The predicted octanol–water partition coefficient (Wildman–Crippen LogP) is 2.66. The van der Waals surface area contributed by atoms with Gasteiger partial charge in [-0.25, -0.2) is 0 Å². The molecule has 2 rings (SSSR count). The summed E-state index contributed by atoms with van der Waals surface area (Å²) in [5.41, 5.74) is 1.70. The molecule has 0 aliphatic heterocycles. The summed E-state index contributed by atoms with van der Waals surface area (Å²) in [6.45, 7) is 1.92. The Morgan fingerprint density at radius 3 is 2.56 bits per heavy atom. The molecule has 92 valence electrons. The van der Waals surface area contributed by atoms with Crippen molar-refractivity contribution in [1.29, 1.82) is 0 Å². The number of carbonyl (C=O) groups excluding carboxylic acids is 1. The Bertz CT molecular complexity index is 593. The van der Waals surface area contributed by atoms with E-state index in [1.807, 2.05) is 25.1 Å². The second-order valence-corrected chi connectivity index (χ2v) is 4.00. The lowest BCUT2D eigenvalue weighted by molar-refractivity contribution is 0.102. The van der Waals surface area contributed by atoms with Crippen LogP contribution in [0.5, 0.6) is 11.5 Å². The third-order valence-electron chi connectivity index (χ3n) is 2.54. The van der Waals surface area contributed by atoms with Crippen LogP contribution in [0.25, 0.3) is 0 Å². The van der Waals surface area contributed by atoms with Crippen molar-refractivity contribution in [3.63, 3.8) is 0 Å². The summed E-state index contributed by atoms with van der Waals surface area (Å²) in [5.74, 6) is -1.19. The highest BCUT2D eigenvalue weighted by atomic mass is 16.3. The van der Waals surface area contributed by atoms with Crippen molar-refractivity contribution in [2.24, 2.45) is 0 Å². The normalized spacial score (nSPS) is 10.1. The number of nitrogens with one attached hydrogen (secondary N) is 1. The number of amides is 1. The second-order valence-electron chi connectivity index (χ2n) is 4.00. The van der Waals surface area contributed by atoms with Crippen LogP contribution in [0, 0.1) is 6.92 Å². The molecule has 0 aliphatic rings. The van der Waals surface area contributed by atoms with E-state index in [1.165, 1.54) is 18.2 Å². The zero-order chi connectivity index (χ0) is 13.1. The molecular formula is C14H13NO3. The number of aromatic hydroxyl groups is 2. The molecule has 0 unspecified atom stereocenters. The zero-order valence-corrected chi connectivity index (χ0v) is 9.84. The standard InChI is InChI=1S/C14H13NO3/c1-9-4-2-5-10(8-9)15-14(18)11-6-3-7-12(16)13(11)17/h2-8,16-17H,1H3,(H,15,18). The van der Waals surface area contributed by atoms with Crippen LogP contribution >= 0.6 is 0 Å². The maximum absolute atomic E-state index is 11.9. The molecule has 0 saturated carbocycles. The van der Waals surface area contributed by atoms with E-state index >= 15 is 0 Å². The number of aryl methyl sites for hydroxylation is 1. The fourth-order valence-corrected chi connectivity index (χ4v) is 1.64. The topological polar surface area (TPSA) is 69.6 Å². The first-order chi connectivity index (χ1) is 8.58. The van der Waals surface area contributed by atoms with Gasteiger partial charge in [-0.15, -0.1) is 0 Å². The van der Waals surface area contributed by atoms with E-state index < -0.39 is 11.7 Å². The van der Waals surface area contributed by atoms with E-state index in [-0.39, 0.29) is 11.3 Å².